The largest absolute Gasteiger partial charge is 0.377 e. The van der Waals surface area contributed by atoms with Crippen LogP contribution in [-0.2, 0) is 4.74 Å². The normalized spacial score (nSPS) is 31.1. The average molecular weight is 242 g/mol. The molecule has 0 amide bonds. The highest BCUT2D eigenvalue weighted by Crippen LogP contribution is 2.20. The van der Waals surface area contributed by atoms with Crippen LogP contribution in [0.2, 0.25) is 0 Å². The van der Waals surface area contributed by atoms with E-state index in [0.717, 1.165) is 26.2 Å². The Morgan fingerprint density at radius 3 is 2.65 bits per heavy atom. The Morgan fingerprint density at radius 2 is 2.12 bits per heavy atom. The molecule has 0 bridgehead atoms. The molecule has 1 aliphatic heterocycles. The van der Waals surface area contributed by atoms with Gasteiger partial charge in [0.2, 0.25) is 0 Å². The molecule has 0 aromatic carbocycles. The zero-order chi connectivity index (χ0) is 12.9. The lowest BCUT2D eigenvalue weighted by atomic mass is 9.93. The predicted molar refractivity (Wildman–Crippen MR) is 73.4 cm³/mol. The Morgan fingerprint density at radius 1 is 1.41 bits per heavy atom. The lowest BCUT2D eigenvalue weighted by molar-refractivity contribution is 0.0223. The van der Waals surface area contributed by atoms with Crippen molar-refractivity contribution in [1.82, 2.24) is 10.2 Å². The molecule has 2 atom stereocenters. The third-order valence-corrected chi connectivity index (χ3v) is 3.91. The number of hydrogen-bond acceptors (Lipinski definition) is 3. The van der Waals surface area contributed by atoms with Crippen molar-refractivity contribution in [2.75, 3.05) is 26.2 Å². The maximum Gasteiger partial charge on any atom is 0.0597 e. The van der Waals surface area contributed by atoms with E-state index in [9.17, 15) is 0 Å². The minimum absolute atomic E-state index is 0.281. The van der Waals surface area contributed by atoms with Gasteiger partial charge in [0.25, 0.3) is 0 Å². The molecule has 1 N–H and O–H groups in total. The maximum absolute atomic E-state index is 5.68. The molecule has 17 heavy (non-hydrogen) atoms. The molecule has 1 rings (SSSR count). The van der Waals surface area contributed by atoms with Gasteiger partial charge < -0.3 is 10.1 Å². The summed E-state index contributed by atoms with van der Waals surface area (Å²) >= 11 is 0. The molecular weight excluding hydrogens is 212 g/mol. The van der Waals surface area contributed by atoms with Gasteiger partial charge in [0.1, 0.15) is 0 Å². The fourth-order valence-electron chi connectivity index (χ4n) is 2.43. The van der Waals surface area contributed by atoms with Gasteiger partial charge in [-0.3, -0.25) is 4.90 Å². The highest BCUT2D eigenvalue weighted by atomic mass is 16.5. The molecule has 1 aliphatic rings. The Balaban J connectivity index is 2.46. The summed E-state index contributed by atoms with van der Waals surface area (Å²) < 4.78 is 5.68. The molecule has 2 unspecified atom stereocenters. The highest BCUT2D eigenvalue weighted by Gasteiger charge is 2.33. The molecule has 3 heteroatoms. The standard InChI is InChI=1S/C14H30N2O/c1-6-13-10-15-14(5,7-2)11-16(13)8-9-17-12(3)4/h12-13,15H,6-11H2,1-5H3. The molecule has 0 saturated carbocycles. The van der Waals surface area contributed by atoms with Crippen molar-refractivity contribution in [3.05, 3.63) is 0 Å². The average Bonchev–Trinajstić information content (AvgIpc) is 2.29. The molecule has 102 valence electrons. The van der Waals surface area contributed by atoms with E-state index in [-0.39, 0.29) is 5.54 Å². The van der Waals surface area contributed by atoms with Crippen LogP contribution in [0, 0.1) is 0 Å². The van der Waals surface area contributed by atoms with Crippen molar-refractivity contribution < 1.29 is 4.74 Å². The van der Waals surface area contributed by atoms with Crippen molar-refractivity contribution in [3.8, 4) is 0 Å². The SMILES string of the molecule is CCC1CNC(C)(CC)CN1CCOC(C)C. The van der Waals surface area contributed by atoms with Crippen LogP contribution in [0.3, 0.4) is 0 Å². The summed E-state index contributed by atoms with van der Waals surface area (Å²) in [6.07, 6.45) is 2.75. The van der Waals surface area contributed by atoms with Crippen LogP contribution < -0.4 is 5.32 Å². The number of ether oxygens (including phenoxy) is 1. The fraction of sp³-hybridized carbons (Fsp3) is 1.00. The summed E-state index contributed by atoms with van der Waals surface area (Å²) in [6, 6.07) is 0.672. The first-order valence-electron chi connectivity index (χ1n) is 7.11. The van der Waals surface area contributed by atoms with Gasteiger partial charge in [-0.1, -0.05) is 13.8 Å². The zero-order valence-corrected chi connectivity index (χ0v) is 12.3. The van der Waals surface area contributed by atoms with Crippen molar-refractivity contribution in [3.63, 3.8) is 0 Å². The van der Waals surface area contributed by atoms with Crippen LogP contribution >= 0.6 is 0 Å². The van der Waals surface area contributed by atoms with Crippen molar-refractivity contribution in [2.24, 2.45) is 0 Å². The second kappa shape index (κ2) is 6.72. The minimum Gasteiger partial charge on any atom is -0.377 e. The molecule has 3 nitrogen and oxygen atoms in total. The van der Waals surface area contributed by atoms with Gasteiger partial charge in [0, 0.05) is 31.2 Å². The highest BCUT2D eigenvalue weighted by molar-refractivity contribution is 4.93. The monoisotopic (exact) mass is 242 g/mol. The number of hydrogen-bond donors (Lipinski definition) is 1. The number of nitrogens with one attached hydrogen (secondary N) is 1. The van der Waals surface area contributed by atoms with Crippen molar-refractivity contribution >= 4 is 0 Å². The molecule has 0 radical (unpaired) electrons. The fourth-order valence-corrected chi connectivity index (χ4v) is 2.43. The van der Waals surface area contributed by atoms with Gasteiger partial charge in [-0.2, -0.15) is 0 Å². The van der Waals surface area contributed by atoms with Crippen LogP contribution in [-0.4, -0.2) is 48.8 Å². The van der Waals surface area contributed by atoms with Gasteiger partial charge in [-0.25, -0.2) is 0 Å². The summed E-state index contributed by atoms with van der Waals surface area (Å²) in [5, 5.41) is 3.69. The summed E-state index contributed by atoms with van der Waals surface area (Å²) in [5.41, 5.74) is 0.281. The molecule has 1 heterocycles. The lowest BCUT2D eigenvalue weighted by Crippen LogP contribution is -2.62. The van der Waals surface area contributed by atoms with E-state index in [0.29, 0.717) is 12.1 Å². The quantitative estimate of drug-likeness (QED) is 0.773. The summed E-state index contributed by atoms with van der Waals surface area (Å²) in [4.78, 5) is 2.60. The van der Waals surface area contributed by atoms with Crippen molar-refractivity contribution in [1.29, 1.82) is 0 Å². The van der Waals surface area contributed by atoms with Gasteiger partial charge in [-0.05, 0) is 33.6 Å². The van der Waals surface area contributed by atoms with Crippen molar-refractivity contribution in [2.45, 2.75) is 65.1 Å². The first kappa shape index (κ1) is 14.9. The Kier molecular flexibility index (Phi) is 5.90. The number of nitrogens with zero attached hydrogens (tertiary/aromatic N) is 1. The predicted octanol–water partition coefficient (Wildman–Crippen LogP) is 2.26. The van der Waals surface area contributed by atoms with E-state index in [1.807, 2.05) is 0 Å². The van der Waals surface area contributed by atoms with Gasteiger partial charge >= 0.3 is 0 Å². The zero-order valence-electron chi connectivity index (χ0n) is 12.3. The third-order valence-electron chi connectivity index (χ3n) is 3.91. The molecule has 0 aromatic rings. The maximum atomic E-state index is 5.68. The Labute approximate surface area is 107 Å². The van der Waals surface area contributed by atoms with Crippen LogP contribution in [0.1, 0.15) is 47.5 Å². The topological polar surface area (TPSA) is 24.5 Å². The van der Waals surface area contributed by atoms with E-state index in [1.54, 1.807) is 0 Å². The van der Waals surface area contributed by atoms with E-state index in [1.165, 1.54) is 12.8 Å². The minimum atomic E-state index is 0.281. The van der Waals surface area contributed by atoms with Gasteiger partial charge in [0.05, 0.1) is 12.7 Å². The van der Waals surface area contributed by atoms with E-state index in [4.69, 9.17) is 4.74 Å². The van der Waals surface area contributed by atoms with E-state index in [2.05, 4.69) is 44.8 Å². The van der Waals surface area contributed by atoms with E-state index >= 15 is 0 Å². The van der Waals surface area contributed by atoms with Gasteiger partial charge in [-0.15, -0.1) is 0 Å². The summed E-state index contributed by atoms with van der Waals surface area (Å²) in [7, 11) is 0. The second-order valence-electron chi connectivity index (χ2n) is 5.75. The van der Waals surface area contributed by atoms with Crippen LogP contribution in [0.25, 0.3) is 0 Å². The first-order valence-corrected chi connectivity index (χ1v) is 7.11. The molecule has 0 aliphatic carbocycles. The lowest BCUT2D eigenvalue weighted by Gasteiger charge is -2.46. The third kappa shape index (κ3) is 4.57. The van der Waals surface area contributed by atoms with E-state index < -0.39 is 0 Å². The second-order valence-corrected chi connectivity index (χ2v) is 5.75. The van der Waals surface area contributed by atoms with Gasteiger partial charge in [0.15, 0.2) is 0 Å². The first-order chi connectivity index (χ1) is 8.00. The number of piperazine rings is 1. The van der Waals surface area contributed by atoms with Crippen LogP contribution in [0.5, 0.6) is 0 Å². The molecule has 0 aromatic heterocycles. The summed E-state index contributed by atoms with van der Waals surface area (Å²) in [6.45, 7) is 15.2. The molecule has 1 saturated heterocycles. The summed E-state index contributed by atoms with van der Waals surface area (Å²) in [5.74, 6) is 0. The Hall–Kier alpha value is -0.120. The molecular formula is C14H30N2O. The van der Waals surface area contributed by atoms with Crippen LogP contribution in [0.4, 0.5) is 0 Å². The van der Waals surface area contributed by atoms with Crippen LogP contribution in [0.15, 0.2) is 0 Å². The molecule has 0 spiro atoms. The molecule has 1 fully saturated rings. The Bertz CT molecular complexity index is 220. The smallest absolute Gasteiger partial charge is 0.0597 e. The number of rotatable bonds is 6.